The lowest BCUT2D eigenvalue weighted by molar-refractivity contribution is -0.154. The van der Waals surface area contributed by atoms with Crippen LogP contribution in [0, 0.1) is 12.3 Å². The molecule has 1 saturated heterocycles. The van der Waals surface area contributed by atoms with Crippen LogP contribution in [0.4, 0.5) is 0 Å². The van der Waals surface area contributed by atoms with E-state index in [0.29, 0.717) is 19.5 Å². The van der Waals surface area contributed by atoms with Crippen LogP contribution >= 0.6 is 0 Å². The highest BCUT2D eigenvalue weighted by molar-refractivity contribution is 5.92. The third kappa shape index (κ3) is 2.40. The first kappa shape index (κ1) is 15.1. The van der Waals surface area contributed by atoms with Gasteiger partial charge in [0.05, 0.1) is 10.8 Å². The largest absolute Gasteiger partial charge is 0.481 e. The molecule has 4 nitrogen and oxygen atoms in total. The summed E-state index contributed by atoms with van der Waals surface area (Å²) in [6, 6.07) is 8.14. The van der Waals surface area contributed by atoms with E-state index in [1.54, 1.807) is 11.8 Å². The van der Waals surface area contributed by atoms with Crippen LogP contribution < -0.4 is 0 Å². The quantitative estimate of drug-likeness (QED) is 0.934. The predicted octanol–water partition coefficient (Wildman–Crippen LogP) is 2.74. The van der Waals surface area contributed by atoms with Gasteiger partial charge in [-0.2, -0.15) is 0 Å². The molecule has 1 aliphatic carbocycles. The number of carboxylic acid groups (broad SMARTS) is 1. The number of likely N-dealkylation sites (tertiary alicyclic amines) is 1. The number of rotatable bonds is 3. The molecule has 1 unspecified atom stereocenters. The maximum absolute atomic E-state index is 13.0. The molecule has 0 spiro atoms. The van der Waals surface area contributed by atoms with Gasteiger partial charge >= 0.3 is 5.97 Å². The Hall–Kier alpha value is -1.84. The molecule has 1 amide bonds. The second kappa shape index (κ2) is 5.11. The lowest BCUT2D eigenvalue weighted by atomic mass is 9.81. The molecule has 2 fully saturated rings. The van der Waals surface area contributed by atoms with Gasteiger partial charge in [0.1, 0.15) is 0 Å². The average molecular weight is 301 g/mol. The Balaban J connectivity index is 1.83. The Morgan fingerprint density at radius 2 is 1.95 bits per heavy atom. The van der Waals surface area contributed by atoms with E-state index in [-0.39, 0.29) is 5.91 Å². The van der Waals surface area contributed by atoms with E-state index in [4.69, 9.17) is 0 Å². The fourth-order valence-corrected chi connectivity index (χ4v) is 3.58. The number of piperidine rings is 1. The van der Waals surface area contributed by atoms with Crippen LogP contribution in [0.15, 0.2) is 24.3 Å². The number of aliphatic carboxylic acids is 1. The lowest BCUT2D eigenvalue weighted by Gasteiger charge is -2.39. The molecular weight excluding hydrogens is 278 g/mol. The number of aryl methyl sites for hydroxylation is 1. The van der Waals surface area contributed by atoms with E-state index in [1.807, 2.05) is 25.1 Å². The van der Waals surface area contributed by atoms with Crippen molar-refractivity contribution in [3.8, 4) is 0 Å². The van der Waals surface area contributed by atoms with Gasteiger partial charge in [-0.1, -0.05) is 29.8 Å². The first-order valence-corrected chi connectivity index (χ1v) is 7.97. The molecule has 0 aromatic heterocycles. The van der Waals surface area contributed by atoms with Crippen LogP contribution in [0.2, 0.25) is 0 Å². The van der Waals surface area contributed by atoms with Crippen molar-refractivity contribution >= 4 is 11.9 Å². The van der Waals surface area contributed by atoms with Gasteiger partial charge in [0.15, 0.2) is 0 Å². The van der Waals surface area contributed by atoms with Crippen molar-refractivity contribution in [3.63, 3.8) is 0 Å². The van der Waals surface area contributed by atoms with E-state index >= 15 is 0 Å². The Kier molecular flexibility index (Phi) is 3.50. The molecule has 1 saturated carbocycles. The minimum Gasteiger partial charge on any atom is -0.481 e. The number of hydrogen-bond donors (Lipinski definition) is 1. The molecule has 118 valence electrons. The van der Waals surface area contributed by atoms with Gasteiger partial charge in [-0.25, -0.2) is 0 Å². The van der Waals surface area contributed by atoms with E-state index in [2.05, 4.69) is 6.07 Å². The van der Waals surface area contributed by atoms with Gasteiger partial charge in [-0.3, -0.25) is 9.59 Å². The van der Waals surface area contributed by atoms with Gasteiger partial charge in [0.2, 0.25) is 5.91 Å². The number of hydrogen-bond acceptors (Lipinski definition) is 2. The van der Waals surface area contributed by atoms with E-state index < -0.39 is 16.8 Å². The zero-order valence-corrected chi connectivity index (χ0v) is 13.3. The summed E-state index contributed by atoms with van der Waals surface area (Å²) in [6.45, 7) is 4.79. The predicted molar refractivity (Wildman–Crippen MR) is 83.6 cm³/mol. The van der Waals surface area contributed by atoms with Crippen LogP contribution in [-0.4, -0.2) is 35.0 Å². The highest BCUT2D eigenvalue weighted by Gasteiger charge is 2.54. The molecule has 1 aliphatic heterocycles. The number of amides is 1. The molecule has 3 rings (SSSR count). The molecule has 1 aromatic rings. The normalized spacial score (nSPS) is 26.5. The Morgan fingerprint density at radius 3 is 2.55 bits per heavy atom. The summed E-state index contributed by atoms with van der Waals surface area (Å²) in [7, 11) is 0. The van der Waals surface area contributed by atoms with E-state index in [1.165, 1.54) is 0 Å². The first-order valence-electron chi connectivity index (χ1n) is 7.97. The first-order chi connectivity index (χ1) is 10.4. The monoisotopic (exact) mass is 301 g/mol. The average Bonchev–Trinajstić information content (AvgIpc) is 3.28. The maximum Gasteiger partial charge on any atom is 0.311 e. The van der Waals surface area contributed by atoms with Gasteiger partial charge < -0.3 is 10.0 Å². The summed E-state index contributed by atoms with van der Waals surface area (Å²) in [6.07, 6.45) is 3.15. The summed E-state index contributed by atoms with van der Waals surface area (Å²) in [5.74, 6) is -0.685. The zero-order chi connectivity index (χ0) is 16.0. The number of benzene rings is 1. The lowest BCUT2D eigenvalue weighted by Crippen LogP contribution is -2.51. The molecular formula is C18H23NO3. The van der Waals surface area contributed by atoms with Crippen molar-refractivity contribution in [2.75, 3.05) is 13.1 Å². The minimum absolute atomic E-state index is 0.116. The smallest absolute Gasteiger partial charge is 0.311 e. The number of nitrogens with zero attached hydrogens (tertiary/aromatic N) is 1. The Bertz CT molecular complexity index is 621. The van der Waals surface area contributed by atoms with E-state index in [9.17, 15) is 14.7 Å². The zero-order valence-electron chi connectivity index (χ0n) is 13.3. The van der Waals surface area contributed by atoms with Crippen molar-refractivity contribution in [1.82, 2.24) is 4.90 Å². The van der Waals surface area contributed by atoms with Gasteiger partial charge in [-0.05, 0) is 45.1 Å². The molecule has 2 aliphatic rings. The SMILES string of the molecule is Cc1cccc(C2(C(=O)N3CCCC(C)(C(=O)O)C3)CC2)c1. The summed E-state index contributed by atoms with van der Waals surface area (Å²) in [4.78, 5) is 26.3. The topological polar surface area (TPSA) is 57.6 Å². The fourth-order valence-electron chi connectivity index (χ4n) is 3.58. The van der Waals surface area contributed by atoms with E-state index in [0.717, 1.165) is 30.4 Å². The Morgan fingerprint density at radius 1 is 1.23 bits per heavy atom. The second-order valence-corrected chi connectivity index (χ2v) is 7.15. The highest BCUT2D eigenvalue weighted by Crippen LogP contribution is 2.50. The van der Waals surface area contributed by atoms with Crippen molar-refractivity contribution < 1.29 is 14.7 Å². The van der Waals surface area contributed by atoms with Crippen LogP contribution in [0.1, 0.15) is 43.7 Å². The highest BCUT2D eigenvalue weighted by atomic mass is 16.4. The molecule has 1 heterocycles. The van der Waals surface area contributed by atoms with Crippen molar-refractivity contribution in [2.24, 2.45) is 5.41 Å². The third-order valence-electron chi connectivity index (χ3n) is 5.23. The third-order valence-corrected chi connectivity index (χ3v) is 5.23. The van der Waals surface area contributed by atoms with Crippen LogP contribution in [0.3, 0.4) is 0 Å². The standard InChI is InChI=1S/C18H23NO3/c1-13-5-3-6-14(11-13)18(8-9-18)15(20)19-10-4-7-17(2,12-19)16(21)22/h3,5-6,11H,4,7-10,12H2,1-2H3,(H,21,22). The molecule has 1 aromatic carbocycles. The number of carbonyl (C=O) groups excluding carboxylic acids is 1. The summed E-state index contributed by atoms with van der Waals surface area (Å²) in [5.41, 5.74) is 1.03. The second-order valence-electron chi connectivity index (χ2n) is 7.15. The van der Waals surface area contributed by atoms with Gasteiger partial charge in [0.25, 0.3) is 0 Å². The molecule has 0 bridgehead atoms. The fraction of sp³-hybridized carbons (Fsp3) is 0.556. The van der Waals surface area contributed by atoms with Crippen molar-refractivity contribution in [3.05, 3.63) is 35.4 Å². The van der Waals surface area contributed by atoms with Crippen LogP contribution in [0.25, 0.3) is 0 Å². The molecule has 4 heteroatoms. The van der Waals surface area contributed by atoms with Crippen LogP contribution in [0.5, 0.6) is 0 Å². The maximum atomic E-state index is 13.0. The Labute approximate surface area is 131 Å². The molecule has 0 radical (unpaired) electrons. The summed E-state index contributed by atoms with van der Waals surface area (Å²) >= 11 is 0. The number of carbonyl (C=O) groups is 2. The van der Waals surface area contributed by atoms with Gasteiger partial charge in [-0.15, -0.1) is 0 Å². The minimum atomic E-state index is -0.809. The number of carboxylic acids is 1. The summed E-state index contributed by atoms with van der Waals surface area (Å²) < 4.78 is 0. The molecule has 1 atom stereocenters. The molecule has 22 heavy (non-hydrogen) atoms. The van der Waals surface area contributed by atoms with Gasteiger partial charge in [0, 0.05) is 13.1 Å². The van der Waals surface area contributed by atoms with Crippen LogP contribution in [-0.2, 0) is 15.0 Å². The van der Waals surface area contributed by atoms with Crippen molar-refractivity contribution in [2.45, 2.75) is 44.9 Å². The summed E-state index contributed by atoms with van der Waals surface area (Å²) in [5, 5.41) is 9.43. The van der Waals surface area contributed by atoms with Crippen molar-refractivity contribution in [1.29, 1.82) is 0 Å². The molecule has 1 N–H and O–H groups in total.